The molecule has 2 rings (SSSR count). The minimum Gasteiger partial charge on any atom is -0.508 e. The molecule has 1 atom stereocenters. The number of hydrogen-bond acceptors (Lipinski definition) is 5. The Kier molecular flexibility index (Phi) is 9.89. The molecule has 0 aliphatic rings. The number of rotatable bonds is 14. The van der Waals surface area contributed by atoms with Crippen LogP contribution in [0.3, 0.4) is 0 Å². The maximum atomic E-state index is 13.9. The summed E-state index contributed by atoms with van der Waals surface area (Å²) >= 11 is 0. The second-order valence-electron chi connectivity index (χ2n) is 7.60. The summed E-state index contributed by atoms with van der Waals surface area (Å²) in [6, 6.07) is 11.4. The highest BCUT2D eigenvalue weighted by Gasteiger charge is 2.33. The van der Waals surface area contributed by atoms with Crippen LogP contribution in [0.4, 0.5) is 17.6 Å². The third-order valence-corrected chi connectivity index (χ3v) is 4.98. The van der Waals surface area contributed by atoms with Gasteiger partial charge in [-0.3, -0.25) is 0 Å². The molecule has 0 spiro atoms. The minimum atomic E-state index is -3.24. The third kappa shape index (κ3) is 8.38. The van der Waals surface area contributed by atoms with Crippen LogP contribution in [0.1, 0.15) is 42.1 Å². The largest absolute Gasteiger partial charge is 0.508 e. The highest BCUT2D eigenvalue weighted by atomic mass is 19.3. The Morgan fingerprint density at radius 1 is 1.00 bits per heavy atom. The summed E-state index contributed by atoms with van der Waals surface area (Å²) in [6.45, 7) is -1.47. The molecule has 0 radical (unpaired) electrons. The molecule has 32 heavy (non-hydrogen) atoms. The van der Waals surface area contributed by atoms with Gasteiger partial charge in [-0.05, 0) is 30.7 Å². The van der Waals surface area contributed by atoms with Crippen LogP contribution in [0.5, 0.6) is 5.75 Å². The summed E-state index contributed by atoms with van der Waals surface area (Å²) in [7, 11) is 0. The lowest BCUT2D eigenvalue weighted by Crippen LogP contribution is -2.26. The molecule has 178 valence electrons. The number of aliphatic hydroxyl groups is 2. The molecule has 0 saturated carbocycles. The average molecular weight is 459 g/mol. The predicted octanol–water partition coefficient (Wildman–Crippen LogP) is 4.12. The third-order valence-electron chi connectivity index (χ3n) is 4.98. The first-order valence-corrected chi connectivity index (χ1v) is 10.3. The number of alkyl halides is 4. The number of halogens is 4. The van der Waals surface area contributed by atoms with E-state index in [0.29, 0.717) is 5.56 Å². The Morgan fingerprint density at radius 3 is 2.41 bits per heavy atom. The van der Waals surface area contributed by atoms with Crippen molar-refractivity contribution < 1.29 is 37.6 Å². The lowest BCUT2D eigenvalue weighted by atomic mass is 10.1. The zero-order valence-corrected chi connectivity index (χ0v) is 17.6. The van der Waals surface area contributed by atoms with Gasteiger partial charge in [0, 0.05) is 30.5 Å². The van der Waals surface area contributed by atoms with E-state index >= 15 is 0 Å². The van der Waals surface area contributed by atoms with E-state index in [9.17, 15) is 27.8 Å². The number of hydrogen-bond donors (Lipinski definition) is 4. The fraction of sp³-hybridized carbons (Fsp3) is 0.478. The van der Waals surface area contributed by atoms with Crippen LogP contribution in [0.15, 0.2) is 48.5 Å². The van der Waals surface area contributed by atoms with E-state index < -0.39 is 44.0 Å². The number of nitrogens with one attached hydrogen (secondary N) is 1. The highest BCUT2D eigenvalue weighted by molar-refractivity contribution is 5.36. The SMILES string of the molecule is OCc1cc(C(O)CNCCCC(F)(F)CCOCC(F)(F)c2ccccc2)ccc1O. The van der Waals surface area contributed by atoms with E-state index in [1.807, 2.05) is 0 Å². The van der Waals surface area contributed by atoms with Crippen molar-refractivity contribution >= 4 is 0 Å². The van der Waals surface area contributed by atoms with Crippen molar-refractivity contribution in [2.75, 3.05) is 26.3 Å². The monoisotopic (exact) mass is 459 g/mol. The van der Waals surface area contributed by atoms with Crippen LogP contribution in [0.25, 0.3) is 0 Å². The quantitative estimate of drug-likeness (QED) is 0.252. The molecule has 0 heterocycles. The lowest BCUT2D eigenvalue weighted by Gasteiger charge is -2.19. The summed E-state index contributed by atoms with van der Waals surface area (Å²) in [5.41, 5.74) is 0.541. The molecule has 1 unspecified atom stereocenters. The zero-order valence-electron chi connectivity index (χ0n) is 17.6. The molecule has 0 bridgehead atoms. The first kappa shape index (κ1) is 26.1. The van der Waals surface area contributed by atoms with E-state index in [1.54, 1.807) is 6.07 Å². The number of phenols is 1. The van der Waals surface area contributed by atoms with Crippen molar-refractivity contribution in [3.8, 4) is 5.75 Å². The fourth-order valence-corrected chi connectivity index (χ4v) is 3.08. The molecule has 0 aliphatic heterocycles. The normalized spacial score (nSPS) is 13.3. The van der Waals surface area contributed by atoms with Gasteiger partial charge in [-0.25, -0.2) is 8.78 Å². The van der Waals surface area contributed by atoms with Crippen molar-refractivity contribution in [1.82, 2.24) is 5.32 Å². The predicted molar refractivity (Wildman–Crippen MR) is 112 cm³/mol. The first-order chi connectivity index (χ1) is 15.1. The van der Waals surface area contributed by atoms with Crippen molar-refractivity contribution in [1.29, 1.82) is 0 Å². The number of aromatic hydroxyl groups is 1. The van der Waals surface area contributed by atoms with Gasteiger partial charge in [-0.15, -0.1) is 0 Å². The van der Waals surface area contributed by atoms with Gasteiger partial charge in [0.15, 0.2) is 0 Å². The molecule has 0 aliphatic carbocycles. The first-order valence-electron chi connectivity index (χ1n) is 10.3. The Balaban J connectivity index is 1.63. The van der Waals surface area contributed by atoms with Crippen LogP contribution in [0.2, 0.25) is 0 Å². The molecular formula is C23H29F4NO4. The lowest BCUT2D eigenvalue weighted by molar-refractivity contribution is -0.100. The van der Waals surface area contributed by atoms with Crippen LogP contribution < -0.4 is 5.32 Å². The van der Waals surface area contributed by atoms with Gasteiger partial charge >= 0.3 is 0 Å². The second kappa shape index (κ2) is 12.2. The minimum absolute atomic E-state index is 0.0774. The molecule has 0 saturated heterocycles. The van der Waals surface area contributed by atoms with E-state index in [1.165, 1.54) is 42.5 Å². The molecule has 5 nitrogen and oxygen atoms in total. The van der Waals surface area contributed by atoms with Gasteiger partial charge in [0.25, 0.3) is 5.92 Å². The summed E-state index contributed by atoms with van der Waals surface area (Å²) in [5, 5.41) is 31.7. The maximum absolute atomic E-state index is 13.9. The number of ether oxygens (including phenoxy) is 1. The number of benzene rings is 2. The van der Waals surface area contributed by atoms with Crippen LogP contribution >= 0.6 is 0 Å². The summed E-state index contributed by atoms with van der Waals surface area (Å²) in [6.07, 6.45) is -1.90. The maximum Gasteiger partial charge on any atom is 0.296 e. The highest BCUT2D eigenvalue weighted by Crippen LogP contribution is 2.29. The molecule has 2 aromatic rings. The summed E-state index contributed by atoms with van der Waals surface area (Å²) in [5.74, 6) is -6.36. The Labute approximate surface area is 184 Å². The Hall–Kier alpha value is -2.20. The van der Waals surface area contributed by atoms with E-state index in [-0.39, 0.29) is 43.0 Å². The molecule has 4 N–H and O–H groups in total. The average Bonchev–Trinajstić information content (AvgIpc) is 2.77. The molecule has 0 fully saturated rings. The van der Waals surface area contributed by atoms with E-state index in [2.05, 4.69) is 5.32 Å². The van der Waals surface area contributed by atoms with Gasteiger partial charge < -0.3 is 25.4 Å². The van der Waals surface area contributed by atoms with Gasteiger partial charge in [-0.1, -0.05) is 36.4 Å². The van der Waals surface area contributed by atoms with Gasteiger partial charge in [-0.2, -0.15) is 8.78 Å². The summed E-state index contributed by atoms with van der Waals surface area (Å²) < 4.78 is 60.6. The molecule has 0 aromatic heterocycles. The van der Waals surface area contributed by atoms with Gasteiger partial charge in [0.05, 0.1) is 19.3 Å². The zero-order chi connectivity index (χ0) is 23.6. The van der Waals surface area contributed by atoms with Gasteiger partial charge in [0.1, 0.15) is 12.4 Å². The van der Waals surface area contributed by atoms with Crippen LogP contribution in [-0.2, 0) is 17.3 Å². The van der Waals surface area contributed by atoms with Crippen LogP contribution in [-0.4, -0.2) is 47.5 Å². The smallest absolute Gasteiger partial charge is 0.296 e. The Bertz CT molecular complexity index is 821. The van der Waals surface area contributed by atoms with E-state index in [0.717, 1.165) is 0 Å². The van der Waals surface area contributed by atoms with Crippen molar-refractivity contribution in [3.05, 3.63) is 65.2 Å². The van der Waals surface area contributed by atoms with Crippen molar-refractivity contribution in [2.24, 2.45) is 0 Å². The topological polar surface area (TPSA) is 82.0 Å². The standard InChI is InChI=1S/C23H29F4NO4/c24-22(25,10-12-32-16-23(26,27)19-5-2-1-3-6-19)9-4-11-28-14-21(31)17-7-8-20(30)18(13-17)15-29/h1-3,5-8,13,21,28-31H,4,9-12,14-16H2. The molecular weight excluding hydrogens is 430 g/mol. The molecule has 9 heteroatoms. The fourth-order valence-electron chi connectivity index (χ4n) is 3.08. The molecule has 0 amide bonds. The number of aliphatic hydroxyl groups excluding tert-OH is 2. The Morgan fingerprint density at radius 2 is 1.72 bits per heavy atom. The molecule has 2 aromatic carbocycles. The van der Waals surface area contributed by atoms with Crippen LogP contribution in [0, 0.1) is 0 Å². The van der Waals surface area contributed by atoms with Crippen molar-refractivity contribution in [2.45, 2.75) is 43.8 Å². The van der Waals surface area contributed by atoms with Crippen molar-refractivity contribution in [3.63, 3.8) is 0 Å². The second-order valence-corrected chi connectivity index (χ2v) is 7.60. The summed E-state index contributed by atoms with van der Waals surface area (Å²) in [4.78, 5) is 0. The van der Waals surface area contributed by atoms with E-state index in [4.69, 9.17) is 9.84 Å². The van der Waals surface area contributed by atoms with Gasteiger partial charge in [0.2, 0.25) is 5.92 Å².